The molecule has 0 aliphatic rings. The Morgan fingerprint density at radius 1 is 1.11 bits per heavy atom. The SMILES string of the molecule is NCc1c(F)cccc1Oc1ccc(F)c(Cl)c1. The zero-order chi connectivity index (χ0) is 13.1. The molecule has 0 atom stereocenters. The van der Waals surface area contributed by atoms with E-state index in [1.807, 2.05) is 0 Å². The molecule has 0 heterocycles. The quantitative estimate of drug-likeness (QED) is 0.918. The van der Waals surface area contributed by atoms with Crippen LogP contribution in [0.15, 0.2) is 36.4 Å². The van der Waals surface area contributed by atoms with E-state index in [0.717, 1.165) is 0 Å². The van der Waals surface area contributed by atoms with Crippen LogP contribution in [0.1, 0.15) is 5.56 Å². The van der Waals surface area contributed by atoms with E-state index in [1.54, 1.807) is 6.07 Å². The second kappa shape index (κ2) is 5.33. The standard InChI is InChI=1S/C13H10ClF2NO/c14-10-6-8(4-5-12(10)16)18-13-3-1-2-11(15)9(13)7-17/h1-6H,7,17H2. The third-order valence-corrected chi connectivity index (χ3v) is 2.69. The van der Waals surface area contributed by atoms with Crippen LogP contribution in [0, 0.1) is 11.6 Å². The molecule has 2 N–H and O–H groups in total. The molecule has 0 spiro atoms. The number of rotatable bonds is 3. The van der Waals surface area contributed by atoms with Gasteiger partial charge in [0.15, 0.2) is 0 Å². The number of nitrogens with two attached hydrogens (primary N) is 1. The van der Waals surface area contributed by atoms with Gasteiger partial charge in [0.25, 0.3) is 0 Å². The summed E-state index contributed by atoms with van der Waals surface area (Å²) >= 11 is 5.63. The minimum absolute atomic E-state index is 0.0108. The minimum atomic E-state index is -0.540. The zero-order valence-electron chi connectivity index (χ0n) is 9.29. The predicted octanol–water partition coefficient (Wildman–Crippen LogP) is 3.87. The summed E-state index contributed by atoms with van der Waals surface area (Å²) in [6.07, 6.45) is 0. The van der Waals surface area contributed by atoms with Crippen LogP contribution < -0.4 is 10.5 Å². The van der Waals surface area contributed by atoms with Crippen molar-refractivity contribution in [2.75, 3.05) is 0 Å². The highest BCUT2D eigenvalue weighted by Crippen LogP contribution is 2.29. The smallest absolute Gasteiger partial charge is 0.142 e. The van der Waals surface area contributed by atoms with Crippen LogP contribution >= 0.6 is 11.6 Å². The average molecular weight is 270 g/mol. The first-order valence-electron chi connectivity index (χ1n) is 5.22. The molecule has 2 aromatic carbocycles. The van der Waals surface area contributed by atoms with Crippen LogP contribution in [0.5, 0.6) is 11.5 Å². The van der Waals surface area contributed by atoms with E-state index in [-0.39, 0.29) is 17.1 Å². The van der Waals surface area contributed by atoms with Crippen LogP contribution in [0.25, 0.3) is 0 Å². The summed E-state index contributed by atoms with van der Waals surface area (Å²) in [7, 11) is 0. The fourth-order valence-electron chi connectivity index (χ4n) is 1.50. The van der Waals surface area contributed by atoms with Gasteiger partial charge in [0.05, 0.1) is 5.02 Å². The predicted molar refractivity (Wildman–Crippen MR) is 65.8 cm³/mol. The molecule has 0 saturated heterocycles. The molecule has 2 aromatic rings. The maximum atomic E-state index is 13.5. The maximum absolute atomic E-state index is 13.5. The monoisotopic (exact) mass is 269 g/mol. The van der Waals surface area contributed by atoms with Crippen LogP contribution in [-0.2, 0) is 6.54 Å². The van der Waals surface area contributed by atoms with E-state index >= 15 is 0 Å². The van der Waals surface area contributed by atoms with E-state index < -0.39 is 11.6 Å². The molecule has 2 rings (SSSR count). The van der Waals surface area contributed by atoms with Crippen LogP contribution in [0.4, 0.5) is 8.78 Å². The number of halogens is 3. The summed E-state index contributed by atoms with van der Waals surface area (Å²) in [6, 6.07) is 8.30. The van der Waals surface area contributed by atoms with E-state index in [2.05, 4.69) is 0 Å². The molecule has 5 heteroatoms. The molecule has 0 radical (unpaired) electrons. The van der Waals surface area contributed by atoms with Crippen molar-refractivity contribution in [3.8, 4) is 11.5 Å². The van der Waals surface area contributed by atoms with Gasteiger partial charge in [-0.25, -0.2) is 8.78 Å². The molecule has 0 fully saturated rings. The van der Waals surface area contributed by atoms with Gasteiger partial charge in [-0.15, -0.1) is 0 Å². The average Bonchev–Trinajstić information content (AvgIpc) is 2.34. The highest BCUT2D eigenvalue weighted by molar-refractivity contribution is 6.30. The number of hydrogen-bond acceptors (Lipinski definition) is 2. The Hall–Kier alpha value is -1.65. The first-order valence-corrected chi connectivity index (χ1v) is 5.60. The fourth-order valence-corrected chi connectivity index (χ4v) is 1.67. The summed E-state index contributed by atoms with van der Waals surface area (Å²) in [5.74, 6) is -0.368. The minimum Gasteiger partial charge on any atom is -0.457 e. The number of hydrogen-bond donors (Lipinski definition) is 1. The van der Waals surface area contributed by atoms with E-state index in [4.69, 9.17) is 22.1 Å². The summed E-state index contributed by atoms with van der Waals surface area (Å²) in [4.78, 5) is 0. The summed E-state index contributed by atoms with van der Waals surface area (Å²) in [5.41, 5.74) is 5.72. The van der Waals surface area contributed by atoms with Crippen molar-refractivity contribution in [1.29, 1.82) is 0 Å². The van der Waals surface area contributed by atoms with Gasteiger partial charge < -0.3 is 10.5 Å². The van der Waals surface area contributed by atoms with Gasteiger partial charge in [-0.1, -0.05) is 17.7 Å². The third-order valence-electron chi connectivity index (χ3n) is 2.40. The molecule has 2 nitrogen and oxygen atoms in total. The van der Waals surface area contributed by atoms with Gasteiger partial charge >= 0.3 is 0 Å². The van der Waals surface area contributed by atoms with Crippen molar-refractivity contribution >= 4 is 11.6 Å². The van der Waals surface area contributed by atoms with Crippen LogP contribution in [0.2, 0.25) is 5.02 Å². The second-order valence-electron chi connectivity index (χ2n) is 3.60. The molecular formula is C13H10ClF2NO. The van der Waals surface area contributed by atoms with Gasteiger partial charge in [0, 0.05) is 18.2 Å². The molecule has 0 aliphatic heterocycles. The van der Waals surface area contributed by atoms with Gasteiger partial charge in [-0.2, -0.15) is 0 Å². The molecule has 0 aliphatic carbocycles. The van der Waals surface area contributed by atoms with Gasteiger partial charge in [-0.05, 0) is 24.3 Å². The van der Waals surface area contributed by atoms with E-state index in [1.165, 1.54) is 30.3 Å². The van der Waals surface area contributed by atoms with E-state index in [9.17, 15) is 8.78 Å². The highest BCUT2D eigenvalue weighted by Gasteiger charge is 2.09. The van der Waals surface area contributed by atoms with Crippen molar-refractivity contribution in [2.24, 2.45) is 5.73 Å². The number of ether oxygens (including phenoxy) is 1. The maximum Gasteiger partial charge on any atom is 0.142 e. The van der Waals surface area contributed by atoms with E-state index in [0.29, 0.717) is 11.5 Å². The largest absolute Gasteiger partial charge is 0.457 e. The molecule has 0 saturated carbocycles. The zero-order valence-corrected chi connectivity index (χ0v) is 10.0. The number of benzene rings is 2. The lowest BCUT2D eigenvalue weighted by Gasteiger charge is -2.10. The lowest BCUT2D eigenvalue weighted by molar-refractivity contribution is 0.466. The Balaban J connectivity index is 2.34. The van der Waals surface area contributed by atoms with Crippen molar-refractivity contribution in [2.45, 2.75) is 6.54 Å². The third kappa shape index (κ3) is 2.60. The highest BCUT2D eigenvalue weighted by atomic mass is 35.5. The van der Waals surface area contributed by atoms with Gasteiger partial charge in [-0.3, -0.25) is 0 Å². The van der Waals surface area contributed by atoms with Crippen molar-refractivity contribution in [3.05, 3.63) is 58.6 Å². The Morgan fingerprint density at radius 3 is 2.56 bits per heavy atom. The molecule has 0 aromatic heterocycles. The Labute approximate surface area is 108 Å². The topological polar surface area (TPSA) is 35.2 Å². The first kappa shape index (κ1) is 12.8. The van der Waals surface area contributed by atoms with Crippen LogP contribution in [-0.4, -0.2) is 0 Å². The lowest BCUT2D eigenvalue weighted by Crippen LogP contribution is -2.02. The molecule has 0 amide bonds. The Morgan fingerprint density at radius 2 is 1.89 bits per heavy atom. The molecule has 18 heavy (non-hydrogen) atoms. The summed E-state index contributed by atoms with van der Waals surface area (Å²) < 4.78 is 31.9. The first-order chi connectivity index (χ1) is 8.61. The second-order valence-corrected chi connectivity index (χ2v) is 4.01. The van der Waals surface area contributed by atoms with Crippen molar-refractivity contribution in [1.82, 2.24) is 0 Å². The fraction of sp³-hybridized carbons (Fsp3) is 0.0769. The summed E-state index contributed by atoms with van der Waals surface area (Å²) in [6.45, 7) is 0.0108. The molecule has 0 unspecified atom stereocenters. The lowest BCUT2D eigenvalue weighted by atomic mass is 10.2. The van der Waals surface area contributed by atoms with Crippen molar-refractivity contribution < 1.29 is 13.5 Å². The molecular weight excluding hydrogens is 260 g/mol. The summed E-state index contributed by atoms with van der Waals surface area (Å²) in [5, 5.41) is -0.0572. The van der Waals surface area contributed by atoms with Crippen molar-refractivity contribution in [3.63, 3.8) is 0 Å². The molecule has 94 valence electrons. The van der Waals surface area contributed by atoms with Gasteiger partial charge in [0.2, 0.25) is 0 Å². The molecule has 0 bridgehead atoms. The van der Waals surface area contributed by atoms with Crippen LogP contribution in [0.3, 0.4) is 0 Å². The Kier molecular flexibility index (Phi) is 3.79. The Bertz CT molecular complexity index is 575. The normalized spacial score (nSPS) is 10.4. The van der Waals surface area contributed by atoms with Gasteiger partial charge in [0.1, 0.15) is 23.1 Å².